The van der Waals surface area contributed by atoms with Crippen molar-refractivity contribution in [1.82, 2.24) is 5.32 Å². The Balaban J connectivity index is 2.48. The Bertz CT molecular complexity index is 585. The molecule has 102 valence electrons. The molecular formula is C14H14BrClFNO. The van der Waals surface area contributed by atoms with Gasteiger partial charge in [-0.15, -0.1) is 0 Å². The molecule has 1 aromatic heterocycles. The van der Waals surface area contributed by atoms with Gasteiger partial charge in [-0.2, -0.15) is 0 Å². The molecule has 19 heavy (non-hydrogen) atoms. The Morgan fingerprint density at radius 3 is 2.79 bits per heavy atom. The van der Waals surface area contributed by atoms with Crippen molar-refractivity contribution < 1.29 is 8.81 Å². The van der Waals surface area contributed by atoms with E-state index in [9.17, 15) is 4.39 Å². The van der Waals surface area contributed by atoms with Gasteiger partial charge in [-0.1, -0.05) is 24.6 Å². The van der Waals surface area contributed by atoms with E-state index in [4.69, 9.17) is 16.0 Å². The first-order chi connectivity index (χ1) is 9.04. The third-order valence-electron chi connectivity index (χ3n) is 2.87. The quantitative estimate of drug-likeness (QED) is 0.801. The summed E-state index contributed by atoms with van der Waals surface area (Å²) in [6, 6.07) is 5.09. The number of nitrogens with one attached hydrogen (secondary N) is 1. The Hall–Kier alpha value is -0.840. The van der Waals surface area contributed by atoms with Crippen molar-refractivity contribution >= 4 is 27.5 Å². The topological polar surface area (TPSA) is 25.2 Å². The smallest absolute Gasteiger partial charge is 0.148 e. The molecule has 1 N–H and O–H groups in total. The predicted molar refractivity (Wildman–Crippen MR) is 78.1 cm³/mol. The zero-order valence-corrected chi connectivity index (χ0v) is 13.0. The Morgan fingerprint density at radius 2 is 2.21 bits per heavy atom. The summed E-state index contributed by atoms with van der Waals surface area (Å²) >= 11 is 9.16. The highest BCUT2D eigenvalue weighted by atomic mass is 79.9. The van der Waals surface area contributed by atoms with Crippen molar-refractivity contribution in [3.05, 3.63) is 56.7 Å². The second kappa shape index (κ2) is 6.07. The summed E-state index contributed by atoms with van der Waals surface area (Å²) < 4.78 is 20.1. The Morgan fingerprint density at radius 1 is 1.47 bits per heavy atom. The van der Waals surface area contributed by atoms with E-state index in [1.54, 1.807) is 18.4 Å². The van der Waals surface area contributed by atoms with E-state index in [0.717, 1.165) is 11.3 Å². The number of hydrogen-bond donors (Lipinski definition) is 1. The second-order valence-electron chi connectivity index (χ2n) is 4.25. The van der Waals surface area contributed by atoms with Crippen molar-refractivity contribution in [1.29, 1.82) is 0 Å². The van der Waals surface area contributed by atoms with Gasteiger partial charge in [0, 0.05) is 15.6 Å². The summed E-state index contributed by atoms with van der Waals surface area (Å²) in [6.45, 7) is 4.54. The van der Waals surface area contributed by atoms with Gasteiger partial charge in [0.25, 0.3) is 0 Å². The molecule has 1 unspecified atom stereocenters. The lowest BCUT2D eigenvalue weighted by atomic mass is 10.0. The standard InChI is InChI=1S/C14H14BrClFNO/c1-3-18-14(9-6-8(2)19-7-9)10-4-5-11(15)12(16)13(10)17/h4-7,14,18H,3H2,1-2H3. The molecule has 0 aliphatic rings. The molecule has 1 atom stereocenters. The van der Waals surface area contributed by atoms with Gasteiger partial charge in [0.2, 0.25) is 0 Å². The first kappa shape index (κ1) is 14.6. The van der Waals surface area contributed by atoms with Crippen molar-refractivity contribution in [3.8, 4) is 0 Å². The lowest BCUT2D eigenvalue weighted by Gasteiger charge is -2.18. The van der Waals surface area contributed by atoms with Crippen LogP contribution in [0.3, 0.4) is 0 Å². The van der Waals surface area contributed by atoms with Gasteiger partial charge in [0.15, 0.2) is 0 Å². The van der Waals surface area contributed by atoms with E-state index in [1.165, 1.54) is 0 Å². The number of aryl methyl sites for hydroxylation is 1. The summed E-state index contributed by atoms with van der Waals surface area (Å²) in [6.07, 6.45) is 1.64. The number of hydrogen-bond acceptors (Lipinski definition) is 2. The van der Waals surface area contributed by atoms with Gasteiger partial charge in [0.05, 0.1) is 17.3 Å². The zero-order chi connectivity index (χ0) is 14.0. The maximum Gasteiger partial charge on any atom is 0.148 e. The SMILES string of the molecule is CCNC(c1coc(C)c1)c1ccc(Br)c(Cl)c1F. The first-order valence-electron chi connectivity index (χ1n) is 5.96. The molecule has 2 aromatic rings. The van der Waals surface area contributed by atoms with Gasteiger partial charge in [-0.25, -0.2) is 4.39 Å². The average molecular weight is 347 g/mol. The molecule has 0 saturated carbocycles. The first-order valence-corrected chi connectivity index (χ1v) is 7.13. The van der Waals surface area contributed by atoms with E-state index in [1.807, 2.05) is 19.9 Å². The molecule has 0 amide bonds. The minimum atomic E-state index is -0.416. The number of furan rings is 1. The minimum Gasteiger partial charge on any atom is -0.469 e. The molecule has 2 nitrogen and oxygen atoms in total. The van der Waals surface area contributed by atoms with Gasteiger partial charge in [-0.3, -0.25) is 0 Å². The van der Waals surface area contributed by atoms with Gasteiger partial charge in [0.1, 0.15) is 11.6 Å². The Labute approximate surface area is 125 Å². The lowest BCUT2D eigenvalue weighted by molar-refractivity contribution is 0.520. The highest BCUT2D eigenvalue weighted by Crippen LogP contribution is 2.33. The van der Waals surface area contributed by atoms with Crippen LogP contribution in [-0.4, -0.2) is 6.54 Å². The van der Waals surface area contributed by atoms with E-state index in [2.05, 4.69) is 21.2 Å². The van der Waals surface area contributed by atoms with Crippen LogP contribution < -0.4 is 5.32 Å². The number of halogens is 3. The summed E-state index contributed by atoms with van der Waals surface area (Å²) in [5.74, 6) is 0.377. The maximum absolute atomic E-state index is 14.3. The van der Waals surface area contributed by atoms with Crippen LogP contribution in [0, 0.1) is 12.7 Å². The van der Waals surface area contributed by atoms with E-state index in [-0.39, 0.29) is 11.1 Å². The number of rotatable bonds is 4. The van der Waals surface area contributed by atoms with Gasteiger partial charge >= 0.3 is 0 Å². The molecular weight excluding hydrogens is 333 g/mol. The molecule has 0 spiro atoms. The third kappa shape index (κ3) is 3.02. The molecule has 0 bridgehead atoms. The maximum atomic E-state index is 14.3. The van der Waals surface area contributed by atoms with Crippen LogP contribution in [0.2, 0.25) is 5.02 Å². The molecule has 0 aliphatic heterocycles. The van der Waals surface area contributed by atoms with Gasteiger partial charge in [-0.05, 0) is 41.5 Å². The summed E-state index contributed by atoms with van der Waals surface area (Å²) in [5, 5.41) is 3.34. The Kier molecular flexibility index (Phi) is 4.66. The average Bonchev–Trinajstić information content (AvgIpc) is 2.81. The fourth-order valence-corrected chi connectivity index (χ4v) is 2.47. The minimum absolute atomic E-state index is 0.0978. The van der Waals surface area contributed by atoms with Crippen LogP contribution in [-0.2, 0) is 0 Å². The van der Waals surface area contributed by atoms with Crippen molar-refractivity contribution in [2.45, 2.75) is 19.9 Å². The highest BCUT2D eigenvalue weighted by molar-refractivity contribution is 9.10. The predicted octanol–water partition coefficient (Wildman–Crippen LogP) is 4.84. The van der Waals surface area contributed by atoms with Crippen LogP contribution in [0.4, 0.5) is 4.39 Å². The van der Waals surface area contributed by atoms with E-state index >= 15 is 0 Å². The molecule has 0 saturated heterocycles. The van der Waals surface area contributed by atoms with Crippen LogP contribution in [0.25, 0.3) is 0 Å². The molecule has 1 aromatic carbocycles. The van der Waals surface area contributed by atoms with Crippen LogP contribution in [0.15, 0.2) is 33.4 Å². The van der Waals surface area contributed by atoms with Crippen molar-refractivity contribution in [2.24, 2.45) is 0 Å². The molecule has 2 rings (SSSR count). The second-order valence-corrected chi connectivity index (χ2v) is 5.48. The molecule has 1 heterocycles. The summed E-state index contributed by atoms with van der Waals surface area (Å²) in [4.78, 5) is 0. The largest absolute Gasteiger partial charge is 0.469 e. The fraction of sp³-hybridized carbons (Fsp3) is 0.286. The normalized spacial score (nSPS) is 12.7. The van der Waals surface area contributed by atoms with Crippen LogP contribution in [0.5, 0.6) is 0 Å². The monoisotopic (exact) mass is 345 g/mol. The zero-order valence-electron chi connectivity index (χ0n) is 10.6. The molecule has 0 fully saturated rings. The molecule has 5 heteroatoms. The summed E-state index contributed by atoms with van der Waals surface area (Å²) in [7, 11) is 0. The molecule has 0 radical (unpaired) electrons. The fourth-order valence-electron chi connectivity index (χ4n) is 1.99. The summed E-state index contributed by atoms with van der Waals surface area (Å²) in [5.41, 5.74) is 1.40. The lowest BCUT2D eigenvalue weighted by Crippen LogP contribution is -2.22. The van der Waals surface area contributed by atoms with E-state index in [0.29, 0.717) is 16.6 Å². The number of benzene rings is 1. The van der Waals surface area contributed by atoms with Gasteiger partial charge < -0.3 is 9.73 Å². The van der Waals surface area contributed by atoms with Crippen molar-refractivity contribution in [3.63, 3.8) is 0 Å². The third-order valence-corrected chi connectivity index (χ3v) is 4.13. The highest BCUT2D eigenvalue weighted by Gasteiger charge is 2.21. The van der Waals surface area contributed by atoms with E-state index < -0.39 is 5.82 Å². The van der Waals surface area contributed by atoms with Crippen LogP contribution in [0.1, 0.15) is 29.9 Å². The van der Waals surface area contributed by atoms with Crippen LogP contribution >= 0.6 is 27.5 Å². The molecule has 0 aliphatic carbocycles. The van der Waals surface area contributed by atoms with Crippen molar-refractivity contribution in [2.75, 3.05) is 6.54 Å².